The second kappa shape index (κ2) is 7.61. The van der Waals surface area contributed by atoms with E-state index in [0.717, 1.165) is 25.7 Å². The van der Waals surface area contributed by atoms with Crippen molar-refractivity contribution in [1.82, 2.24) is 10.2 Å². The van der Waals surface area contributed by atoms with Crippen molar-refractivity contribution >= 4 is 12.0 Å². The maximum Gasteiger partial charge on any atom is 0.317 e. The van der Waals surface area contributed by atoms with Crippen molar-refractivity contribution < 1.29 is 24.5 Å². The number of hydrogen-bond acceptors (Lipinski definition) is 4. The van der Waals surface area contributed by atoms with Gasteiger partial charge in [-0.25, -0.2) is 4.79 Å². The van der Waals surface area contributed by atoms with Crippen molar-refractivity contribution in [1.29, 1.82) is 0 Å². The summed E-state index contributed by atoms with van der Waals surface area (Å²) in [6.07, 6.45) is 3.58. The fourth-order valence-corrected chi connectivity index (χ4v) is 2.72. The van der Waals surface area contributed by atoms with Crippen LogP contribution in [0.3, 0.4) is 0 Å². The highest BCUT2D eigenvalue weighted by atomic mass is 16.5. The maximum atomic E-state index is 12.2. The van der Waals surface area contributed by atoms with Crippen molar-refractivity contribution in [3.8, 4) is 0 Å². The molecule has 1 unspecified atom stereocenters. The highest BCUT2D eigenvalue weighted by molar-refractivity contribution is 5.76. The van der Waals surface area contributed by atoms with Crippen LogP contribution >= 0.6 is 0 Å². The number of ether oxygens (including phenoxy) is 1. The first-order chi connectivity index (χ1) is 10.1. The van der Waals surface area contributed by atoms with E-state index >= 15 is 0 Å². The number of likely N-dealkylation sites (tertiary alicyclic amines) is 1. The Kier molecular flexibility index (Phi) is 5.81. The standard InChI is InChI=1S/C14H24N2O5/c17-7-8-21-11-3-5-16(6-4-11)14(20)15-12(9-13(18)19)10-1-2-10/h10-12,17H,1-9H2,(H,15,20)(H,18,19). The van der Waals surface area contributed by atoms with E-state index in [4.69, 9.17) is 14.9 Å². The summed E-state index contributed by atoms with van der Waals surface area (Å²) in [5, 5.41) is 20.5. The summed E-state index contributed by atoms with van der Waals surface area (Å²) in [6, 6.07) is -0.424. The Morgan fingerprint density at radius 1 is 1.24 bits per heavy atom. The van der Waals surface area contributed by atoms with E-state index in [-0.39, 0.29) is 31.2 Å². The van der Waals surface area contributed by atoms with Gasteiger partial charge in [0, 0.05) is 19.1 Å². The minimum Gasteiger partial charge on any atom is -0.481 e. The zero-order chi connectivity index (χ0) is 15.2. The molecule has 1 heterocycles. The summed E-state index contributed by atoms with van der Waals surface area (Å²) in [7, 11) is 0. The fraction of sp³-hybridized carbons (Fsp3) is 0.857. The summed E-state index contributed by atoms with van der Waals surface area (Å²) in [6.45, 7) is 1.55. The molecular formula is C14H24N2O5. The molecule has 7 heteroatoms. The first kappa shape index (κ1) is 16.0. The van der Waals surface area contributed by atoms with Crippen LogP contribution in [-0.4, -0.2) is 65.6 Å². The highest BCUT2D eigenvalue weighted by Gasteiger charge is 2.35. The van der Waals surface area contributed by atoms with Gasteiger partial charge in [0.2, 0.25) is 0 Å². The Bertz CT molecular complexity index is 364. The molecular weight excluding hydrogens is 276 g/mol. The van der Waals surface area contributed by atoms with Gasteiger partial charge in [0.05, 0.1) is 25.7 Å². The lowest BCUT2D eigenvalue weighted by Crippen LogP contribution is -2.50. The predicted octanol–water partition coefficient (Wildman–Crippen LogP) is 0.423. The number of aliphatic hydroxyl groups is 1. The lowest BCUT2D eigenvalue weighted by Gasteiger charge is -2.33. The van der Waals surface area contributed by atoms with Gasteiger partial charge in [-0.1, -0.05) is 0 Å². The molecule has 0 radical (unpaired) electrons. The second-order valence-corrected chi connectivity index (χ2v) is 5.77. The number of carbonyl (C=O) groups is 2. The second-order valence-electron chi connectivity index (χ2n) is 5.77. The van der Waals surface area contributed by atoms with Crippen LogP contribution in [0.4, 0.5) is 4.79 Å². The molecule has 2 rings (SSSR count). The molecule has 2 fully saturated rings. The summed E-state index contributed by atoms with van der Waals surface area (Å²) < 4.78 is 5.46. The molecule has 21 heavy (non-hydrogen) atoms. The van der Waals surface area contributed by atoms with Crippen molar-refractivity contribution in [2.75, 3.05) is 26.3 Å². The first-order valence-corrected chi connectivity index (χ1v) is 7.60. The van der Waals surface area contributed by atoms with E-state index in [1.807, 2.05) is 0 Å². The molecule has 2 aliphatic rings. The van der Waals surface area contributed by atoms with Crippen LogP contribution in [0.5, 0.6) is 0 Å². The lowest BCUT2D eigenvalue weighted by molar-refractivity contribution is -0.137. The van der Waals surface area contributed by atoms with Crippen molar-refractivity contribution in [2.24, 2.45) is 5.92 Å². The average Bonchev–Trinajstić information content (AvgIpc) is 3.29. The van der Waals surface area contributed by atoms with Gasteiger partial charge in [-0.2, -0.15) is 0 Å². The molecule has 0 aromatic carbocycles. The van der Waals surface area contributed by atoms with E-state index in [2.05, 4.69) is 5.32 Å². The normalized spacial score (nSPS) is 21.1. The molecule has 3 N–H and O–H groups in total. The largest absolute Gasteiger partial charge is 0.481 e. The maximum absolute atomic E-state index is 12.2. The number of aliphatic hydroxyl groups excluding tert-OH is 1. The highest BCUT2D eigenvalue weighted by Crippen LogP contribution is 2.34. The molecule has 1 aliphatic carbocycles. The van der Waals surface area contributed by atoms with E-state index in [1.165, 1.54) is 0 Å². The molecule has 0 aromatic rings. The predicted molar refractivity (Wildman–Crippen MR) is 74.9 cm³/mol. The van der Waals surface area contributed by atoms with Crippen LogP contribution < -0.4 is 5.32 Å². The molecule has 0 bridgehead atoms. The quantitative estimate of drug-likeness (QED) is 0.633. The van der Waals surface area contributed by atoms with Gasteiger partial charge < -0.3 is 25.2 Å². The first-order valence-electron chi connectivity index (χ1n) is 7.60. The zero-order valence-electron chi connectivity index (χ0n) is 12.2. The van der Waals surface area contributed by atoms with Gasteiger partial charge in [-0.3, -0.25) is 4.79 Å². The zero-order valence-corrected chi connectivity index (χ0v) is 12.2. The van der Waals surface area contributed by atoms with E-state index in [1.54, 1.807) is 4.90 Å². The van der Waals surface area contributed by atoms with Crippen molar-refractivity contribution in [3.63, 3.8) is 0 Å². The molecule has 1 aliphatic heterocycles. The van der Waals surface area contributed by atoms with Gasteiger partial charge in [0.15, 0.2) is 0 Å². The molecule has 1 saturated carbocycles. The van der Waals surface area contributed by atoms with Crippen LogP contribution in [-0.2, 0) is 9.53 Å². The Hall–Kier alpha value is -1.34. The van der Waals surface area contributed by atoms with Crippen LogP contribution in [0.2, 0.25) is 0 Å². The molecule has 0 spiro atoms. The van der Waals surface area contributed by atoms with Crippen molar-refractivity contribution in [3.05, 3.63) is 0 Å². The van der Waals surface area contributed by atoms with Gasteiger partial charge >= 0.3 is 12.0 Å². The Morgan fingerprint density at radius 3 is 2.43 bits per heavy atom. The van der Waals surface area contributed by atoms with E-state index in [9.17, 15) is 9.59 Å². The third kappa shape index (κ3) is 5.17. The number of nitrogens with one attached hydrogen (secondary N) is 1. The topological polar surface area (TPSA) is 99.1 Å². The molecule has 120 valence electrons. The molecule has 7 nitrogen and oxygen atoms in total. The minimum absolute atomic E-state index is 0.00746. The number of carboxylic acids is 1. The van der Waals surface area contributed by atoms with Crippen molar-refractivity contribution in [2.45, 2.75) is 44.2 Å². The number of piperidine rings is 1. The number of carbonyl (C=O) groups excluding carboxylic acids is 1. The summed E-state index contributed by atoms with van der Waals surface area (Å²) in [5.74, 6) is -0.557. The minimum atomic E-state index is -0.872. The molecule has 2 amide bonds. The number of amides is 2. The number of urea groups is 1. The number of aliphatic carboxylic acids is 1. The van der Waals surface area contributed by atoms with Gasteiger partial charge in [0.1, 0.15) is 0 Å². The average molecular weight is 300 g/mol. The van der Waals surface area contributed by atoms with Gasteiger partial charge in [-0.15, -0.1) is 0 Å². The van der Waals surface area contributed by atoms with Crippen LogP contribution in [0.15, 0.2) is 0 Å². The van der Waals surface area contributed by atoms with E-state index < -0.39 is 5.97 Å². The third-order valence-corrected chi connectivity index (χ3v) is 4.07. The summed E-state index contributed by atoms with van der Waals surface area (Å²) in [5.41, 5.74) is 0. The smallest absolute Gasteiger partial charge is 0.317 e. The fourth-order valence-electron chi connectivity index (χ4n) is 2.72. The van der Waals surface area contributed by atoms with Gasteiger partial charge in [0.25, 0.3) is 0 Å². The summed E-state index contributed by atoms with van der Waals surface area (Å²) in [4.78, 5) is 24.7. The lowest BCUT2D eigenvalue weighted by atomic mass is 10.1. The summed E-state index contributed by atoms with van der Waals surface area (Å²) >= 11 is 0. The number of nitrogens with zero attached hydrogens (tertiary/aromatic N) is 1. The monoisotopic (exact) mass is 300 g/mol. The van der Waals surface area contributed by atoms with Crippen LogP contribution in [0.25, 0.3) is 0 Å². The molecule has 0 aromatic heterocycles. The SMILES string of the molecule is O=C(O)CC(NC(=O)N1CCC(OCCO)CC1)C1CC1. The molecule has 1 saturated heterocycles. The van der Waals surface area contributed by atoms with Gasteiger partial charge in [-0.05, 0) is 31.6 Å². The van der Waals surface area contributed by atoms with E-state index in [0.29, 0.717) is 25.6 Å². The number of carboxylic acid groups (broad SMARTS) is 1. The number of rotatable bonds is 7. The Labute approximate surface area is 124 Å². The van der Waals surface area contributed by atoms with Crippen LogP contribution in [0.1, 0.15) is 32.1 Å². The molecule has 1 atom stereocenters. The van der Waals surface area contributed by atoms with Crippen LogP contribution in [0, 0.1) is 5.92 Å². The Balaban J connectivity index is 1.74. The third-order valence-electron chi connectivity index (χ3n) is 4.07. The number of hydrogen-bond donors (Lipinski definition) is 3. The Morgan fingerprint density at radius 2 is 1.90 bits per heavy atom.